The van der Waals surface area contributed by atoms with E-state index in [1.165, 1.54) is 0 Å². The van der Waals surface area contributed by atoms with E-state index in [4.69, 9.17) is 0 Å². The summed E-state index contributed by atoms with van der Waals surface area (Å²) in [6, 6.07) is 13.9. The van der Waals surface area contributed by atoms with Crippen LogP contribution in [0.1, 0.15) is 21.9 Å². The van der Waals surface area contributed by atoms with Gasteiger partial charge in [-0.3, -0.25) is 19.3 Å². The standard InChI is InChI=1S/C24H28N6O2/c1-17-14-18(2)30(27-17)16-23(31)29-12-10-28(11-13-29)22-7-5-4-6-20(22)19-8-9-26-21(15-19)24(32)25-3/h4-9,14-15H,10-13,16H2,1-3H3,(H,25,32). The summed E-state index contributed by atoms with van der Waals surface area (Å²) in [7, 11) is 1.60. The Kier molecular flexibility index (Phi) is 6.20. The lowest BCUT2D eigenvalue weighted by atomic mass is 10.0. The largest absolute Gasteiger partial charge is 0.367 e. The number of nitrogens with zero attached hydrogens (tertiary/aromatic N) is 5. The number of nitrogens with one attached hydrogen (secondary N) is 1. The van der Waals surface area contributed by atoms with Gasteiger partial charge in [0.2, 0.25) is 5.91 Å². The van der Waals surface area contributed by atoms with E-state index in [1.807, 2.05) is 49.1 Å². The van der Waals surface area contributed by atoms with Crippen LogP contribution in [0.4, 0.5) is 5.69 Å². The maximum absolute atomic E-state index is 12.8. The molecule has 3 aromatic rings. The zero-order valence-corrected chi connectivity index (χ0v) is 18.7. The Morgan fingerprint density at radius 3 is 2.47 bits per heavy atom. The molecule has 0 unspecified atom stereocenters. The van der Waals surface area contributed by atoms with Gasteiger partial charge in [-0.2, -0.15) is 5.10 Å². The predicted octanol–water partition coefficient (Wildman–Crippen LogP) is 2.27. The summed E-state index contributed by atoms with van der Waals surface area (Å²) in [5.41, 5.74) is 5.38. The zero-order valence-electron chi connectivity index (χ0n) is 18.7. The minimum Gasteiger partial charge on any atom is -0.367 e. The van der Waals surface area contributed by atoms with Crippen LogP contribution in [0.2, 0.25) is 0 Å². The second-order valence-corrected chi connectivity index (χ2v) is 7.98. The summed E-state index contributed by atoms with van der Waals surface area (Å²) in [6.45, 7) is 6.98. The van der Waals surface area contributed by atoms with Crippen molar-refractivity contribution < 1.29 is 9.59 Å². The fourth-order valence-corrected chi connectivity index (χ4v) is 4.10. The molecule has 1 aliphatic heterocycles. The van der Waals surface area contributed by atoms with Gasteiger partial charge in [0.25, 0.3) is 5.91 Å². The van der Waals surface area contributed by atoms with Crippen molar-refractivity contribution in [1.82, 2.24) is 25.0 Å². The maximum atomic E-state index is 12.8. The molecule has 0 atom stereocenters. The highest BCUT2D eigenvalue weighted by atomic mass is 16.2. The number of rotatable bonds is 5. The number of hydrogen-bond donors (Lipinski definition) is 1. The molecule has 1 fully saturated rings. The quantitative estimate of drug-likeness (QED) is 0.669. The number of aromatic nitrogens is 3. The Morgan fingerprint density at radius 1 is 1.03 bits per heavy atom. The summed E-state index contributed by atoms with van der Waals surface area (Å²) in [5, 5.41) is 7.02. The van der Waals surface area contributed by atoms with Crippen LogP contribution in [-0.2, 0) is 11.3 Å². The molecule has 2 amide bonds. The molecule has 2 aromatic heterocycles. The second-order valence-electron chi connectivity index (χ2n) is 7.98. The van der Waals surface area contributed by atoms with Gasteiger partial charge in [0.05, 0.1) is 5.69 Å². The highest BCUT2D eigenvalue weighted by molar-refractivity contribution is 5.94. The van der Waals surface area contributed by atoms with Crippen molar-refractivity contribution in [2.24, 2.45) is 0 Å². The molecule has 1 aliphatic rings. The van der Waals surface area contributed by atoms with Gasteiger partial charge in [-0.05, 0) is 43.7 Å². The topological polar surface area (TPSA) is 83.4 Å². The highest BCUT2D eigenvalue weighted by Gasteiger charge is 2.23. The number of piperazine rings is 1. The summed E-state index contributed by atoms with van der Waals surface area (Å²) in [4.78, 5) is 33.2. The fraction of sp³-hybridized carbons (Fsp3) is 0.333. The van der Waals surface area contributed by atoms with Crippen LogP contribution in [0.3, 0.4) is 0 Å². The molecule has 32 heavy (non-hydrogen) atoms. The first-order valence-corrected chi connectivity index (χ1v) is 10.8. The van der Waals surface area contributed by atoms with Crippen molar-refractivity contribution in [1.29, 1.82) is 0 Å². The SMILES string of the molecule is CNC(=O)c1cc(-c2ccccc2N2CCN(C(=O)Cn3nc(C)cc3C)CC2)ccn1. The Hall–Kier alpha value is -3.68. The molecule has 0 aliphatic carbocycles. The van der Waals surface area contributed by atoms with E-state index in [0.717, 1.165) is 41.3 Å². The molecular formula is C24H28N6O2. The van der Waals surface area contributed by atoms with Gasteiger partial charge in [0.1, 0.15) is 12.2 Å². The van der Waals surface area contributed by atoms with Gasteiger partial charge in [-0.1, -0.05) is 18.2 Å². The molecule has 8 heteroatoms. The average Bonchev–Trinajstić information content (AvgIpc) is 3.14. The number of hydrogen-bond acceptors (Lipinski definition) is 5. The lowest BCUT2D eigenvalue weighted by Crippen LogP contribution is -2.49. The Labute approximate surface area is 187 Å². The first-order valence-electron chi connectivity index (χ1n) is 10.8. The van der Waals surface area contributed by atoms with E-state index in [9.17, 15) is 9.59 Å². The summed E-state index contributed by atoms with van der Waals surface area (Å²) in [5.74, 6) is -0.118. The molecular weight excluding hydrogens is 404 g/mol. The molecule has 166 valence electrons. The molecule has 0 radical (unpaired) electrons. The molecule has 3 heterocycles. The van der Waals surface area contributed by atoms with Crippen LogP contribution in [0, 0.1) is 13.8 Å². The number of anilines is 1. The third-order valence-corrected chi connectivity index (χ3v) is 5.80. The number of amides is 2. The number of pyridine rings is 1. The average molecular weight is 433 g/mol. The molecule has 0 spiro atoms. The van der Waals surface area contributed by atoms with Gasteiger partial charge < -0.3 is 15.1 Å². The number of carbonyl (C=O) groups is 2. The smallest absolute Gasteiger partial charge is 0.269 e. The zero-order chi connectivity index (χ0) is 22.7. The first kappa shape index (κ1) is 21.5. The lowest BCUT2D eigenvalue weighted by Gasteiger charge is -2.37. The molecule has 1 saturated heterocycles. The van der Waals surface area contributed by atoms with Crippen LogP contribution >= 0.6 is 0 Å². The van der Waals surface area contributed by atoms with Crippen LogP contribution in [0.25, 0.3) is 11.1 Å². The highest BCUT2D eigenvalue weighted by Crippen LogP contribution is 2.31. The van der Waals surface area contributed by atoms with E-state index in [1.54, 1.807) is 17.9 Å². The number of carbonyl (C=O) groups excluding carboxylic acids is 2. The normalized spacial score (nSPS) is 13.8. The fourth-order valence-electron chi connectivity index (χ4n) is 4.10. The van der Waals surface area contributed by atoms with Crippen LogP contribution in [0.5, 0.6) is 0 Å². The van der Waals surface area contributed by atoms with Crippen LogP contribution in [0.15, 0.2) is 48.7 Å². The summed E-state index contributed by atoms with van der Waals surface area (Å²) < 4.78 is 1.77. The van der Waals surface area contributed by atoms with Crippen molar-refractivity contribution in [3.63, 3.8) is 0 Å². The maximum Gasteiger partial charge on any atom is 0.269 e. The molecule has 4 rings (SSSR count). The van der Waals surface area contributed by atoms with Gasteiger partial charge in [-0.25, -0.2) is 0 Å². The van der Waals surface area contributed by atoms with Crippen molar-refractivity contribution >= 4 is 17.5 Å². The summed E-state index contributed by atoms with van der Waals surface area (Å²) in [6.07, 6.45) is 1.66. The van der Waals surface area contributed by atoms with Gasteiger partial charge in [0, 0.05) is 56.4 Å². The Bertz CT molecular complexity index is 1130. The predicted molar refractivity (Wildman–Crippen MR) is 124 cm³/mol. The van der Waals surface area contributed by atoms with Crippen molar-refractivity contribution in [3.8, 4) is 11.1 Å². The van der Waals surface area contributed by atoms with Crippen molar-refractivity contribution in [2.45, 2.75) is 20.4 Å². The summed E-state index contributed by atoms with van der Waals surface area (Å²) >= 11 is 0. The molecule has 1 aromatic carbocycles. The van der Waals surface area contributed by atoms with Gasteiger partial charge in [-0.15, -0.1) is 0 Å². The molecule has 0 bridgehead atoms. The molecule has 8 nitrogen and oxygen atoms in total. The van der Waals surface area contributed by atoms with E-state index < -0.39 is 0 Å². The number of aryl methyl sites for hydroxylation is 2. The Balaban J connectivity index is 1.47. The minimum absolute atomic E-state index is 0.0912. The van der Waals surface area contributed by atoms with Crippen molar-refractivity contribution in [3.05, 3.63) is 65.7 Å². The molecule has 1 N–H and O–H groups in total. The number of benzene rings is 1. The van der Waals surface area contributed by atoms with Gasteiger partial charge in [0.15, 0.2) is 0 Å². The third kappa shape index (κ3) is 4.49. The van der Waals surface area contributed by atoms with E-state index in [2.05, 4.69) is 32.4 Å². The van der Waals surface area contributed by atoms with E-state index in [0.29, 0.717) is 18.8 Å². The van der Waals surface area contributed by atoms with E-state index in [-0.39, 0.29) is 18.4 Å². The second kappa shape index (κ2) is 9.21. The minimum atomic E-state index is -0.209. The first-order chi connectivity index (χ1) is 15.5. The van der Waals surface area contributed by atoms with Crippen molar-refractivity contribution in [2.75, 3.05) is 38.1 Å². The Morgan fingerprint density at radius 2 is 1.78 bits per heavy atom. The third-order valence-electron chi connectivity index (χ3n) is 5.80. The van der Waals surface area contributed by atoms with Crippen LogP contribution in [-0.4, -0.2) is 64.7 Å². The van der Waals surface area contributed by atoms with Crippen LogP contribution < -0.4 is 10.2 Å². The lowest BCUT2D eigenvalue weighted by molar-refractivity contribution is -0.132. The monoisotopic (exact) mass is 432 g/mol. The molecule has 0 saturated carbocycles. The van der Waals surface area contributed by atoms with Gasteiger partial charge >= 0.3 is 0 Å². The van der Waals surface area contributed by atoms with E-state index >= 15 is 0 Å². The number of para-hydroxylation sites is 1.